The van der Waals surface area contributed by atoms with Crippen LogP contribution in [0.3, 0.4) is 0 Å². The van der Waals surface area contributed by atoms with Crippen molar-refractivity contribution in [3.8, 4) is 11.4 Å². The standard InChI is InChI=1S/C24H29N7O5/c1-5-7-12-30-21-20(22(32)26-24(30)34)29(11-6-2)18(25-21)14-36-23(33)19-15(3)31(28-27-19)16-9-8-10-17(13-16)35-4/h8-10,13H,5-7,11-12,14H2,1-4H3,(H,26,32,34). The lowest BCUT2D eigenvalue weighted by molar-refractivity contribution is 0.0450. The fraction of sp³-hybridized carbons (Fsp3) is 0.417. The van der Waals surface area contributed by atoms with Crippen LogP contribution in [0.25, 0.3) is 16.9 Å². The number of esters is 1. The molecule has 0 aliphatic carbocycles. The number of aromatic nitrogens is 7. The van der Waals surface area contributed by atoms with E-state index in [2.05, 4.69) is 20.3 Å². The van der Waals surface area contributed by atoms with E-state index in [-0.39, 0.29) is 17.9 Å². The first kappa shape index (κ1) is 24.9. The Bertz CT molecular complexity index is 1510. The molecule has 0 saturated carbocycles. The Morgan fingerprint density at radius 2 is 1.92 bits per heavy atom. The molecule has 0 atom stereocenters. The number of aryl methyl sites for hydroxylation is 2. The smallest absolute Gasteiger partial charge is 0.361 e. The van der Waals surface area contributed by atoms with Gasteiger partial charge in [-0.15, -0.1) is 5.10 Å². The molecule has 0 aliphatic heterocycles. The van der Waals surface area contributed by atoms with Crippen LogP contribution in [0.2, 0.25) is 0 Å². The molecular formula is C24H29N7O5. The van der Waals surface area contributed by atoms with Crippen LogP contribution < -0.4 is 16.0 Å². The Labute approximate surface area is 206 Å². The Morgan fingerprint density at radius 3 is 2.64 bits per heavy atom. The second kappa shape index (κ2) is 10.6. The third-order valence-electron chi connectivity index (χ3n) is 5.87. The number of methoxy groups -OCH3 is 1. The Balaban J connectivity index is 1.63. The maximum absolute atomic E-state index is 12.9. The first-order valence-corrected chi connectivity index (χ1v) is 11.9. The lowest BCUT2D eigenvalue weighted by Crippen LogP contribution is -2.31. The number of H-pyrrole nitrogens is 1. The highest BCUT2D eigenvalue weighted by Gasteiger charge is 2.22. The van der Waals surface area contributed by atoms with E-state index < -0.39 is 17.2 Å². The minimum absolute atomic E-state index is 0.0636. The number of rotatable bonds is 10. The van der Waals surface area contributed by atoms with E-state index in [1.165, 1.54) is 9.25 Å². The maximum atomic E-state index is 12.9. The average Bonchev–Trinajstić information content (AvgIpc) is 3.43. The number of aromatic amines is 1. The minimum atomic E-state index is -0.672. The van der Waals surface area contributed by atoms with Gasteiger partial charge in [-0.3, -0.25) is 14.3 Å². The molecule has 12 nitrogen and oxygen atoms in total. The van der Waals surface area contributed by atoms with Gasteiger partial charge in [-0.1, -0.05) is 31.5 Å². The summed E-state index contributed by atoms with van der Waals surface area (Å²) in [6.45, 7) is 6.40. The van der Waals surface area contributed by atoms with Crippen molar-refractivity contribution >= 4 is 17.1 Å². The number of imidazole rings is 1. The minimum Gasteiger partial charge on any atom is -0.497 e. The van der Waals surface area contributed by atoms with Crippen LogP contribution >= 0.6 is 0 Å². The summed E-state index contributed by atoms with van der Waals surface area (Å²) in [6.07, 6.45) is 2.35. The van der Waals surface area contributed by atoms with Gasteiger partial charge in [-0.25, -0.2) is 19.3 Å². The molecule has 3 aromatic heterocycles. The van der Waals surface area contributed by atoms with Gasteiger partial charge in [0, 0.05) is 19.2 Å². The predicted molar refractivity (Wildman–Crippen MR) is 132 cm³/mol. The normalized spacial score (nSPS) is 11.2. The lowest BCUT2D eigenvalue weighted by atomic mass is 10.3. The summed E-state index contributed by atoms with van der Waals surface area (Å²) < 4.78 is 15.5. The molecule has 0 fully saturated rings. The first-order chi connectivity index (χ1) is 17.4. The SMILES string of the molecule is CCCCn1c(=O)[nH]c(=O)c2c1nc(COC(=O)c1nnn(-c3cccc(OC)c3)c1C)n2CCC. The molecule has 0 saturated heterocycles. The van der Waals surface area contributed by atoms with E-state index in [0.29, 0.717) is 48.0 Å². The number of carbonyl (C=O) groups is 1. The molecule has 0 bridgehead atoms. The molecule has 12 heteroatoms. The molecule has 190 valence electrons. The number of benzene rings is 1. The summed E-state index contributed by atoms with van der Waals surface area (Å²) in [5, 5.41) is 8.09. The Hall–Kier alpha value is -4.22. The van der Waals surface area contributed by atoms with Crippen molar-refractivity contribution in [1.29, 1.82) is 0 Å². The van der Waals surface area contributed by atoms with Crippen molar-refractivity contribution in [3.05, 3.63) is 62.3 Å². The van der Waals surface area contributed by atoms with E-state index >= 15 is 0 Å². The summed E-state index contributed by atoms with van der Waals surface area (Å²) >= 11 is 0. The zero-order chi connectivity index (χ0) is 25.8. The van der Waals surface area contributed by atoms with Gasteiger partial charge in [0.1, 0.15) is 18.2 Å². The quantitative estimate of drug-likeness (QED) is 0.331. The van der Waals surface area contributed by atoms with Crippen LogP contribution in [0.4, 0.5) is 0 Å². The largest absolute Gasteiger partial charge is 0.497 e. The van der Waals surface area contributed by atoms with Crippen molar-refractivity contribution in [2.75, 3.05) is 7.11 Å². The second-order valence-corrected chi connectivity index (χ2v) is 8.33. The van der Waals surface area contributed by atoms with Gasteiger partial charge in [-0.05, 0) is 31.9 Å². The van der Waals surface area contributed by atoms with E-state index in [0.717, 1.165) is 12.8 Å². The molecule has 0 aliphatic rings. The van der Waals surface area contributed by atoms with Gasteiger partial charge >= 0.3 is 11.7 Å². The third-order valence-corrected chi connectivity index (χ3v) is 5.87. The number of carbonyl (C=O) groups excluding carboxylic acids is 1. The fourth-order valence-corrected chi connectivity index (χ4v) is 4.02. The van der Waals surface area contributed by atoms with Crippen LogP contribution in [-0.4, -0.2) is 47.2 Å². The van der Waals surface area contributed by atoms with Crippen LogP contribution in [0.1, 0.15) is 55.1 Å². The van der Waals surface area contributed by atoms with Crippen LogP contribution in [-0.2, 0) is 24.4 Å². The van der Waals surface area contributed by atoms with Gasteiger partial charge < -0.3 is 14.0 Å². The summed E-state index contributed by atoms with van der Waals surface area (Å²) in [5.41, 5.74) is 0.811. The van der Waals surface area contributed by atoms with Crippen molar-refractivity contribution < 1.29 is 14.3 Å². The summed E-state index contributed by atoms with van der Waals surface area (Å²) in [6, 6.07) is 7.22. The summed E-state index contributed by atoms with van der Waals surface area (Å²) in [4.78, 5) is 44.9. The number of fused-ring (bicyclic) bond motifs is 1. The van der Waals surface area contributed by atoms with Gasteiger partial charge in [0.2, 0.25) is 0 Å². The predicted octanol–water partition coefficient (Wildman–Crippen LogP) is 2.35. The van der Waals surface area contributed by atoms with Gasteiger partial charge in [0.05, 0.1) is 18.5 Å². The molecule has 0 radical (unpaired) electrons. The average molecular weight is 496 g/mol. The lowest BCUT2D eigenvalue weighted by Gasteiger charge is -2.08. The number of nitrogens with zero attached hydrogens (tertiary/aromatic N) is 6. The Kier molecular flexibility index (Phi) is 7.32. The number of hydrogen-bond donors (Lipinski definition) is 1. The highest BCUT2D eigenvalue weighted by atomic mass is 16.5. The maximum Gasteiger partial charge on any atom is 0.361 e. The molecule has 1 aromatic carbocycles. The van der Waals surface area contributed by atoms with Gasteiger partial charge in [0.15, 0.2) is 16.9 Å². The Morgan fingerprint density at radius 1 is 1.11 bits per heavy atom. The zero-order valence-electron chi connectivity index (χ0n) is 20.8. The van der Waals surface area contributed by atoms with Crippen LogP contribution in [0, 0.1) is 6.92 Å². The molecule has 36 heavy (non-hydrogen) atoms. The molecule has 0 unspecified atom stereocenters. The highest BCUT2D eigenvalue weighted by Crippen LogP contribution is 2.19. The molecule has 4 rings (SSSR count). The van der Waals surface area contributed by atoms with E-state index in [1.807, 2.05) is 26.0 Å². The molecule has 0 spiro atoms. The van der Waals surface area contributed by atoms with E-state index in [9.17, 15) is 14.4 Å². The second-order valence-electron chi connectivity index (χ2n) is 8.33. The van der Waals surface area contributed by atoms with Crippen molar-refractivity contribution in [2.24, 2.45) is 0 Å². The van der Waals surface area contributed by atoms with Crippen molar-refractivity contribution in [2.45, 2.75) is 59.7 Å². The van der Waals surface area contributed by atoms with Crippen molar-refractivity contribution in [1.82, 2.24) is 34.1 Å². The number of ether oxygens (including phenoxy) is 2. The van der Waals surface area contributed by atoms with Crippen LogP contribution in [0.5, 0.6) is 5.75 Å². The monoisotopic (exact) mass is 495 g/mol. The molecule has 4 aromatic rings. The number of unbranched alkanes of at least 4 members (excludes halogenated alkanes) is 1. The molecule has 0 amide bonds. The van der Waals surface area contributed by atoms with Gasteiger partial charge in [0.25, 0.3) is 5.56 Å². The molecular weight excluding hydrogens is 466 g/mol. The first-order valence-electron chi connectivity index (χ1n) is 11.9. The highest BCUT2D eigenvalue weighted by molar-refractivity contribution is 5.88. The topological polar surface area (TPSA) is 139 Å². The summed E-state index contributed by atoms with van der Waals surface area (Å²) in [5.74, 6) is 0.349. The number of hydrogen-bond acceptors (Lipinski definition) is 8. The zero-order valence-corrected chi connectivity index (χ0v) is 20.8. The van der Waals surface area contributed by atoms with E-state index in [4.69, 9.17) is 9.47 Å². The van der Waals surface area contributed by atoms with Crippen molar-refractivity contribution in [3.63, 3.8) is 0 Å². The van der Waals surface area contributed by atoms with Crippen LogP contribution in [0.15, 0.2) is 33.9 Å². The third kappa shape index (κ3) is 4.66. The van der Waals surface area contributed by atoms with E-state index in [1.54, 1.807) is 30.7 Å². The van der Waals surface area contributed by atoms with Gasteiger partial charge in [-0.2, -0.15) is 0 Å². The molecule has 1 N–H and O–H groups in total. The number of nitrogens with one attached hydrogen (secondary N) is 1. The fourth-order valence-electron chi connectivity index (χ4n) is 4.02. The molecule has 3 heterocycles. The summed E-state index contributed by atoms with van der Waals surface area (Å²) in [7, 11) is 1.57.